The van der Waals surface area contributed by atoms with E-state index >= 15 is 0 Å². The largest absolute Gasteiger partial charge is 0.396 e. The molecule has 3 N–H and O–H groups in total. The van der Waals surface area contributed by atoms with E-state index in [9.17, 15) is 0 Å². The number of aromatic nitrogens is 2. The fraction of sp³-hybridized carbons (Fsp3) is 0.600. The summed E-state index contributed by atoms with van der Waals surface area (Å²) >= 11 is 0. The van der Waals surface area contributed by atoms with E-state index in [0.717, 1.165) is 18.2 Å². The van der Waals surface area contributed by atoms with Gasteiger partial charge in [-0.05, 0) is 20.3 Å². The van der Waals surface area contributed by atoms with Crippen LogP contribution in [0, 0.1) is 0 Å². The van der Waals surface area contributed by atoms with Gasteiger partial charge in [0.15, 0.2) is 0 Å². The van der Waals surface area contributed by atoms with Gasteiger partial charge in [0.25, 0.3) is 0 Å². The molecular weight excluding hydrogens is 192 g/mol. The monoisotopic (exact) mass is 210 g/mol. The first-order chi connectivity index (χ1) is 7.26. The lowest BCUT2D eigenvalue weighted by Gasteiger charge is -2.13. The van der Waals surface area contributed by atoms with Crippen LogP contribution in [0.4, 0.5) is 11.6 Å². The molecule has 1 aromatic heterocycles. The first-order valence-electron chi connectivity index (χ1n) is 5.19. The van der Waals surface area contributed by atoms with Crippen LogP contribution >= 0.6 is 0 Å². The Labute approximate surface area is 90.0 Å². The molecule has 5 nitrogen and oxygen atoms in total. The molecule has 0 saturated carbocycles. The molecule has 84 valence electrons. The Bertz CT molecular complexity index is 293. The number of nitrogens with one attached hydrogen (secondary N) is 2. The van der Waals surface area contributed by atoms with Crippen LogP contribution in [-0.2, 0) is 0 Å². The van der Waals surface area contributed by atoms with Crippen LogP contribution in [0.1, 0.15) is 20.3 Å². The van der Waals surface area contributed by atoms with Crippen molar-refractivity contribution < 1.29 is 5.11 Å². The maximum absolute atomic E-state index is 8.77. The predicted molar refractivity (Wildman–Crippen MR) is 61.0 cm³/mol. The zero-order valence-electron chi connectivity index (χ0n) is 9.20. The number of hydrogen-bond donors (Lipinski definition) is 3. The molecule has 0 bridgehead atoms. The minimum Gasteiger partial charge on any atom is -0.396 e. The van der Waals surface area contributed by atoms with E-state index in [4.69, 9.17) is 5.11 Å². The first-order valence-corrected chi connectivity index (χ1v) is 5.19. The zero-order valence-corrected chi connectivity index (χ0v) is 9.20. The average Bonchev–Trinajstić information content (AvgIpc) is 2.19. The molecule has 0 aliphatic heterocycles. The van der Waals surface area contributed by atoms with Crippen molar-refractivity contribution in [2.75, 3.05) is 23.8 Å². The van der Waals surface area contributed by atoms with Crippen molar-refractivity contribution in [2.24, 2.45) is 0 Å². The molecule has 15 heavy (non-hydrogen) atoms. The van der Waals surface area contributed by atoms with Crippen molar-refractivity contribution in [3.8, 4) is 0 Å². The van der Waals surface area contributed by atoms with Crippen LogP contribution in [0.3, 0.4) is 0 Å². The lowest BCUT2D eigenvalue weighted by Crippen LogP contribution is -2.17. The Balaban J connectivity index is 2.56. The maximum atomic E-state index is 8.77. The van der Waals surface area contributed by atoms with Gasteiger partial charge in [-0.25, -0.2) is 4.98 Å². The molecule has 1 unspecified atom stereocenters. The number of aliphatic hydroxyl groups excluding tert-OH is 1. The summed E-state index contributed by atoms with van der Waals surface area (Å²) in [6, 6.07) is 0.196. The number of anilines is 2. The zero-order chi connectivity index (χ0) is 11.1. The predicted octanol–water partition coefficient (Wildman–Crippen LogP) is 1.09. The second kappa shape index (κ2) is 6.19. The summed E-state index contributed by atoms with van der Waals surface area (Å²) in [7, 11) is 0. The second-order valence-electron chi connectivity index (χ2n) is 3.38. The van der Waals surface area contributed by atoms with E-state index < -0.39 is 0 Å². The molecule has 1 atom stereocenters. The molecule has 0 aliphatic carbocycles. The maximum Gasteiger partial charge on any atom is 0.147 e. The van der Waals surface area contributed by atoms with Gasteiger partial charge < -0.3 is 15.7 Å². The fourth-order valence-electron chi connectivity index (χ4n) is 1.22. The lowest BCUT2D eigenvalue weighted by molar-refractivity contribution is 0.282. The van der Waals surface area contributed by atoms with Crippen molar-refractivity contribution in [3.05, 3.63) is 12.4 Å². The summed E-state index contributed by atoms with van der Waals surface area (Å²) in [6.07, 6.45) is 4.06. The molecule has 0 fully saturated rings. The molecule has 1 rings (SSSR count). The third-order valence-electron chi connectivity index (χ3n) is 1.95. The third-order valence-corrected chi connectivity index (χ3v) is 1.95. The van der Waals surface area contributed by atoms with Gasteiger partial charge in [0, 0.05) is 19.2 Å². The standard InChI is InChI=1S/C10H18N4O/c1-3-12-9-6-11-7-10(14-9)13-8(2)4-5-15/h6-8,15H,3-5H2,1-2H3,(H2,12,13,14). The topological polar surface area (TPSA) is 70.1 Å². The van der Waals surface area contributed by atoms with E-state index in [1.165, 1.54) is 0 Å². The molecule has 0 radical (unpaired) electrons. The van der Waals surface area contributed by atoms with Gasteiger partial charge >= 0.3 is 0 Å². The summed E-state index contributed by atoms with van der Waals surface area (Å²) in [5, 5.41) is 15.0. The number of rotatable bonds is 6. The number of aliphatic hydroxyl groups is 1. The van der Waals surface area contributed by atoms with Crippen molar-refractivity contribution in [3.63, 3.8) is 0 Å². The number of nitrogens with zero attached hydrogens (tertiary/aromatic N) is 2. The molecular formula is C10H18N4O. The quantitative estimate of drug-likeness (QED) is 0.655. The molecule has 0 aromatic carbocycles. The average molecular weight is 210 g/mol. The third kappa shape index (κ3) is 4.12. The Morgan fingerprint density at radius 1 is 1.40 bits per heavy atom. The van der Waals surface area contributed by atoms with Crippen LogP contribution in [0.2, 0.25) is 0 Å². The highest BCUT2D eigenvalue weighted by atomic mass is 16.3. The second-order valence-corrected chi connectivity index (χ2v) is 3.38. The van der Waals surface area contributed by atoms with Gasteiger partial charge in [-0.2, -0.15) is 0 Å². The summed E-state index contributed by atoms with van der Waals surface area (Å²) in [6.45, 7) is 5.01. The summed E-state index contributed by atoms with van der Waals surface area (Å²) in [4.78, 5) is 8.38. The lowest BCUT2D eigenvalue weighted by atomic mass is 10.2. The molecule has 1 heterocycles. The molecule has 1 aromatic rings. The van der Waals surface area contributed by atoms with Crippen molar-refractivity contribution in [1.82, 2.24) is 9.97 Å². The minimum absolute atomic E-state index is 0.175. The highest BCUT2D eigenvalue weighted by Gasteiger charge is 2.02. The van der Waals surface area contributed by atoms with Gasteiger partial charge in [-0.1, -0.05) is 0 Å². The van der Waals surface area contributed by atoms with Crippen LogP contribution in [0.25, 0.3) is 0 Å². The van der Waals surface area contributed by atoms with Crippen molar-refractivity contribution in [2.45, 2.75) is 26.3 Å². The van der Waals surface area contributed by atoms with Gasteiger partial charge in [-0.15, -0.1) is 0 Å². The van der Waals surface area contributed by atoms with Crippen molar-refractivity contribution in [1.29, 1.82) is 0 Å². The fourth-order valence-corrected chi connectivity index (χ4v) is 1.22. The summed E-state index contributed by atoms with van der Waals surface area (Å²) in [5.41, 5.74) is 0. The number of hydrogen-bond acceptors (Lipinski definition) is 5. The highest BCUT2D eigenvalue weighted by Crippen LogP contribution is 2.08. The smallest absolute Gasteiger partial charge is 0.147 e. The van der Waals surface area contributed by atoms with E-state index in [1.807, 2.05) is 13.8 Å². The van der Waals surface area contributed by atoms with E-state index in [-0.39, 0.29) is 12.6 Å². The minimum atomic E-state index is 0.175. The molecule has 0 saturated heterocycles. The van der Waals surface area contributed by atoms with E-state index in [0.29, 0.717) is 6.42 Å². The Morgan fingerprint density at radius 3 is 2.80 bits per heavy atom. The van der Waals surface area contributed by atoms with Gasteiger partial charge in [0.2, 0.25) is 0 Å². The van der Waals surface area contributed by atoms with Crippen LogP contribution in [0.5, 0.6) is 0 Å². The molecule has 0 amide bonds. The summed E-state index contributed by atoms with van der Waals surface area (Å²) in [5.74, 6) is 1.49. The van der Waals surface area contributed by atoms with Gasteiger partial charge in [0.05, 0.1) is 12.4 Å². The SMILES string of the molecule is CCNc1cncc(NC(C)CCO)n1. The highest BCUT2D eigenvalue weighted by molar-refractivity contribution is 5.41. The van der Waals surface area contributed by atoms with Crippen LogP contribution in [-0.4, -0.2) is 34.3 Å². The molecule has 5 heteroatoms. The van der Waals surface area contributed by atoms with Crippen molar-refractivity contribution >= 4 is 11.6 Å². The Hall–Kier alpha value is -1.36. The van der Waals surface area contributed by atoms with Crippen LogP contribution < -0.4 is 10.6 Å². The molecule has 0 spiro atoms. The van der Waals surface area contributed by atoms with E-state index in [1.54, 1.807) is 12.4 Å². The first kappa shape index (κ1) is 11.7. The van der Waals surface area contributed by atoms with Crippen LogP contribution in [0.15, 0.2) is 12.4 Å². The van der Waals surface area contributed by atoms with Gasteiger partial charge in [0.1, 0.15) is 11.6 Å². The Morgan fingerprint density at radius 2 is 2.13 bits per heavy atom. The Kier molecular flexibility index (Phi) is 4.83. The normalized spacial score (nSPS) is 12.2. The summed E-state index contributed by atoms with van der Waals surface area (Å²) < 4.78 is 0. The van der Waals surface area contributed by atoms with E-state index in [2.05, 4.69) is 20.6 Å². The molecule has 0 aliphatic rings. The van der Waals surface area contributed by atoms with Gasteiger partial charge in [-0.3, -0.25) is 4.98 Å².